The molecule has 2 heterocycles. The van der Waals surface area contributed by atoms with Gasteiger partial charge in [-0.15, -0.1) is 0 Å². The van der Waals surface area contributed by atoms with Crippen molar-refractivity contribution in [2.45, 2.75) is 37.1 Å². The number of imide groups is 1. The summed E-state index contributed by atoms with van der Waals surface area (Å²) in [6, 6.07) is 15.9. The van der Waals surface area contributed by atoms with Crippen LogP contribution < -0.4 is 15.5 Å². The predicted octanol–water partition coefficient (Wildman–Crippen LogP) is 3.35. The molecule has 0 unspecified atom stereocenters. The Bertz CT molecular complexity index is 1260. The van der Waals surface area contributed by atoms with Gasteiger partial charge in [-0.3, -0.25) is 14.5 Å². The molecule has 5 rings (SSSR count). The number of anilines is 1. The fourth-order valence-electron chi connectivity index (χ4n) is 5.35. The molecule has 35 heavy (non-hydrogen) atoms. The molecule has 2 aromatic carbocycles. The number of carbonyl (C=O) groups is 3. The van der Waals surface area contributed by atoms with Gasteiger partial charge in [-0.1, -0.05) is 43.2 Å². The lowest BCUT2D eigenvalue weighted by atomic mass is 9.90. The number of hydrogen-bond donors (Lipinski definition) is 3. The van der Waals surface area contributed by atoms with Gasteiger partial charge in [0.1, 0.15) is 12.1 Å². The number of para-hydroxylation sites is 1. The molecule has 1 aromatic heterocycles. The molecule has 3 N–H and O–H groups in total. The quantitative estimate of drug-likeness (QED) is 0.459. The topological polar surface area (TPSA) is 97.5 Å². The number of benzene rings is 2. The first-order valence-electron chi connectivity index (χ1n) is 12.1. The zero-order chi connectivity index (χ0) is 24.6. The minimum atomic E-state index is -0.807. The van der Waals surface area contributed by atoms with E-state index in [1.807, 2.05) is 43.4 Å². The summed E-state index contributed by atoms with van der Waals surface area (Å²) in [5, 5.41) is 6.91. The number of amides is 4. The average Bonchev–Trinajstić information content (AvgIpc) is 3.55. The van der Waals surface area contributed by atoms with Gasteiger partial charge in [0.2, 0.25) is 5.91 Å². The van der Waals surface area contributed by atoms with Gasteiger partial charge in [0, 0.05) is 49.3 Å². The summed E-state index contributed by atoms with van der Waals surface area (Å²) in [5.41, 5.74) is 3.47. The van der Waals surface area contributed by atoms with Crippen LogP contribution in [0.25, 0.3) is 10.9 Å². The van der Waals surface area contributed by atoms with Crippen LogP contribution in [0.2, 0.25) is 0 Å². The van der Waals surface area contributed by atoms with Crippen LogP contribution >= 0.6 is 0 Å². The standard InChI is InChI=1S/C27H31N5O3/c1-31(2)19-11-9-18(10-12-19)21(22-16-28-23-8-4-3-7-20(22)23)15-29-24(33)17-32-25(34)27(30-26(32)35)13-5-6-14-27/h3-4,7-12,16,21,28H,5-6,13-15,17H2,1-2H3,(H,29,33)(H,30,35)/t21-/m1/s1. The van der Waals surface area contributed by atoms with Gasteiger partial charge in [-0.05, 0) is 42.2 Å². The van der Waals surface area contributed by atoms with Crippen LogP contribution in [0.3, 0.4) is 0 Å². The van der Waals surface area contributed by atoms with Gasteiger partial charge in [0.05, 0.1) is 0 Å². The summed E-state index contributed by atoms with van der Waals surface area (Å²) in [6.45, 7) is 0.0728. The number of H-pyrrole nitrogens is 1. The highest BCUT2D eigenvalue weighted by Crippen LogP contribution is 2.35. The predicted molar refractivity (Wildman–Crippen MR) is 135 cm³/mol. The van der Waals surface area contributed by atoms with Crippen molar-refractivity contribution >= 4 is 34.4 Å². The zero-order valence-corrected chi connectivity index (χ0v) is 20.1. The largest absolute Gasteiger partial charge is 0.378 e. The van der Waals surface area contributed by atoms with Crippen molar-refractivity contribution in [2.75, 3.05) is 32.1 Å². The molecule has 1 atom stereocenters. The SMILES string of the molecule is CN(C)c1ccc([C@@H](CNC(=O)CN2C(=O)NC3(CCCC3)C2=O)c2c[nH]c3ccccc23)cc1. The molecule has 1 aliphatic heterocycles. The summed E-state index contributed by atoms with van der Waals surface area (Å²) in [7, 11) is 4.00. The molecule has 2 aliphatic rings. The third-order valence-corrected chi connectivity index (χ3v) is 7.32. The second-order valence-corrected chi connectivity index (χ2v) is 9.74. The highest BCUT2D eigenvalue weighted by atomic mass is 16.2. The summed E-state index contributed by atoms with van der Waals surface area (Å²) < 4.78 is 0. The minimum Gasteiger partial charge on any atom is -0.378 e. The third kappa shape index (κ3) is 4.24. The number of rotatable bonds is 7. The van der Waals surface area contributed by atoms with Crippen LogP contribution in [0.4, 0.5) is 10.5 Å². The number of carbonyl (C=O) groups excluding carboxylic acids is 3. The van der Waals surface area contributed by atoms with E-state index in [0.717, 1.165) is 45.5 Å². The van der Waals surface area contributed by atoms with E-state index in [9.17, 15) is 14.4 Å². The molecule has 0 bridgehead atoms. The smallest absolute Gasteiger partial charge is 0.325 e. The summed E-state index contributed by atoms with van der Waals surface area (Å²) in [4.78, 5) is 44.7. The van der Waals surface area contributed by atoms with Crippen LogP contribution in [0.15, 0.2) is 54.7 Å². The Morgan fingerprint density at radius 1 is 1.09 bits per heavy atom. The summed E-state index contributed by atoms with van der Waals surface area (Å²) >= 11 is 0. The highest BCUT2D eigenvalue weighted by Gasteiger charge is 2.52. The van der Waals surface area contributed by atoms with Crippen molar-refractivity contribution in [3.05, 3.63) is 65.9 Å². The maximum atomic E-state index is 12.9. The maximum Gasteiger partial charge on any atom is 0.325 e. The second-order valence-electron chi connectivity index (χ2n) is 9.74. The number of nitrogens with one attached hydrogen (secondary N) is 3. The van der Waals surface area contributed by atoms with Gasteiger partial charge in [-0.2, -0.15) is 0 Å². The Hall–Kier alpha value is -3.81. The molecule has 2 fully saturated rings. The van der Waals surface area contributed by atoms with E-state index < -0.39 is 11.6 Å². The summed E-state index contributed by atoms with van der Waals surface area (Å²) in [6.07, 6.45) is 5.08. The first-order chi connectivity index (χ1) is 16.9. The Morgan fingerprint density at radius 3 is 2.51 bits per heavy atom. The first kappa shape index (κ1) is 23.0. The van der Waals surface area contributed by atoms with Crippen molar-refractivity contribution in [1.82, 2.24) is 20.5 Å². The molecule has 3 aromatic rings. The molecule has 8 nitrogen and oxygen atoms in total. The molecule has 8 heteroatoms. The molecule has 1 saturated carbocycles. The molecule has 1 saturated heterocycles. The Labute approximate surface area is 204 Å². The van der Waals surface area contributed by atoms with Crippen molar-refractivity contribution in [2.24, 2.45) is 0 Å². The Kier molecular flexibility index (Phi) is 5.96. The van der Waals surface area contributed by atoms with Crippen LogP contribution in [0.1, 0.15) is 42.7 Å². The van der Waals surface area contributed by atoms with E-state index in [1.165, 1.54) is 0 Å². The lowest BCUT2D eigenvalue weighted by Gasteiger charge is -2.21. The van der Waals surface area contributed by atoms with Crippen molar-refractivity contribution in [3.63, 3.8) is 0 Å². The molecular formula is C27H31N5O3. The number of fused-ring (bicyclic) bond motifs is 1. The van der Waals surface area contributed by atoms with E-state index in [0.29, 0.717) is 19.4 Å². The highest BCUT2D eigenvalue weighted by molar-refractivity contribution is 6.09. The Morgan fingerprint density at radius 2 is 1.80 bits per heavy atom. The molecule has 0 radical (unpaired) electrons. The van der Waals surface area contributed by atoms with E-state index in [4.69, 9.17) is 0 Å². The van der Waals surface area contributed by atoms with Crippen LogP contribution in [-0.4, -0.2) is 60.5 Å². The van der Waals surface area contributed by atoms with E-state index >= 15 is 0 Å². The maximum absolute atomic E-state index is 12.9. The van der Waals surface area contributed by atoms with Gasteiger partial charge >= 0.3 is 6.03 Å². The molecule has 1 spiro atoms. The lowest BCUT2D eigenvalue weighted by Crippen LogP contribution is -2.45. The van der Waals surface area contributed by atoms with Crippen LogP contribution in [0.5, 0.6) is 0 Å². The molecular weight excluding hydrogens is 442 g/mol. The van der Waals surface area contributed by atoms with Gasteiger partial charge in [-0.25, -0.2) is 4.79 Å². The molecule has 182 valence electrons. The number of nitrogens with zero attached hydrogens (tertiary/aromatic N) is 2. The first-order valence-corrected chi connectivity index (χ1v) is 12.1. The van der Waals surface area contributed by atoms with E-state index in [2.05, 4.69) is 45.9 Å². The van der Waals surface area contributed by atoms with Gasteiger partial charge < -0.3 is 20.5 Å². The van der Waals surface area contributed by atoms with Crippen LogP contribution in [0, 0.1) is 0 Å². The van der Waals surface area contributed by atoms with E-state index in [-0.39, 0.29) is 24.3 Å². The van der Waals surface area contributed by atoms with Gasteiger partial charge in [0.15, 0.2) is 0 Å². The second kappa shape index (κ2) is 9.09. The van der Waals surface area contributed by atoms with E-state index in [1.54, 1.807) is 0 Å². The zero-order valence-electron chi connectivity index (χ0n) is 20.1. The number of aromatic nitrogens is 1. The monoisotopic (exact) mass is 473 g/mol. The minimum absolute atomic E-state index is 0.101. The van der Waals surface area contributed by atoms with Crippen molar-refractivity contribution in [1.29, 1.82) is 0 Å². The number of aromatic amines is 1. The Balaban J connectivity index is 1.34. The summed E-state index contributed by atoms with van der Waals surface area (Å²) in [5.74, 6) is -0.725. The van der Waals surface area contributed by atoms with Crippen LogP contribution in [-0.2, 0) is 9.59 Å². The third-order valence-electron chi connectivity index (χ3n) is 7.32. The normalized spacial score (nSPS) is 17.7. The van der Waals surface area contributed by atoms with Crippen molar-refractivity contribution < 1.29 is 14.4 Å². The number of urea groups is 1. The van der Waals surface area contributed by atoms with Gasteiger partial charge in [0.25, 0.3) is 5.91 Å². The fourth-order valence-corrected chi connectivity index (χ4v) is 5.35. The molecule has 1 aliphatic carbocycles. The van der Waals surface area contributed by atoms with Crippen molar-refractivity contribution in [3.8, 4) is 0 Å². The lowest BCUT2D eigenvalue weighted by molar-refractivity contribution is -0.134. The molecule has 4 amide bonds. The fraction of sp³-hybridized carbons (Fsp3) is 0.370. The number of hydrogen-bond acceptors (Lipinski definition) is 4. The average molecular weight is 474 g/mol.